The summed E-state index contributed by atoms with van der Waals surface area (Å²) >= 11 is 0. The summed E-state index contributed by atoms with van der Waals surface area (Å²) < 4.78 is 39.0. The van der Waals surface area contributed by atoms with Gasteiger partial charge >= 0.3 is 6.18 Å². The van der Waals surface area contributed by atoms with Crippen LogP contribution in [0.1, 0.15) is 78.0 Å². The minimum atomic E-state index is -4.59. The number of amides is 2. The lowest BCUT2D eigenvalue weighted by Gasteiger charge is -2.38. The van der Waals surface area contributed by atoms with E-state index in [4.69, 9.17) is 5.21 Å². The number of aromatic nitrogens is 1. The van der Waals surface area contributed by atoms with Crippen molar-refractivity contribution in [3.8, 4) is 11.1 Å². The molecule has 5 rings (SSSR count). The number of alkyl halides is 3. The van der Waals surface area contributed by atoms with E-state index in [1.54, 1.807) is 10.4 Å². The number of unbranched alkanes of at least 4 members (excludes halogenated alkanes) is 3. The van der Waals surface area contributed by atoms with Crippen LogP contribution in [0.15, 0.2) is 66.9 Å². The summed E-state index contributed by atoms with van der Waals surface area (Å²) in [6.45, 7) is 0.347. The molecule has 1 unspecified atom stereocenters. The molecule has 3 aromatic rings. The van der Waals surface area contributed by atoms with Crippen molar-refractivity contribution < 1.29 is 28.0 Å². The minimum absolute atomic E-state index is 0.0690. The van der Waals surface area contributed by atoms with Gasteiger partial charge in [-0.2, -0.15) is 13.2 Å². The van der Waals surface area contributed by atoms with Crippen LogP contribution in [0.4, 0.5) is 18.9 Å². The van der Waals surface area contributed by atoms with Gasteiger partial charge in [0.25, 0.3) is 5.91 Å². The van der Waals surface area contributed by atoms with Crippen LogP contribution in [0.5, 0.6) is 0 Å². The summed E-state index contributed by atoms with van der Waals surface area (Å²) in [5, 5.41) is 8.62. The number of benzene rings is 2. The van der Waals surface area contributed by atoms with Gasteiger partial charge in [-0.15, -0.1) is 0 Å². The van der Waals surface area contributed by atoms with Gasteiger partial charge in [0.05, 0.1) is 5.56 Å². The lowest BCUT2D eigenvalue weighted by molar-refractivity contribution is -0.141. The molecule has 9 heteroatoms. The van der Waals surface area contributed by atoms with Crippen molar-refractivity contribution in [1.82, 2.24) is 10.5 Å². The predicted octanol–water partition coefficient (Wildman–Crippen LogP) is 7.39. The Hall–Kier alpha value is -3.98. The van der Waals surface area contributed by atoms with Gasteiger partial charge in [-0.3, -0.25) is 19.8 Å². The molecule has 1 aromatic heterocycles. The van der Waals surface area contributed by atoms with E-state index in [1.165, 1.54) is 24.0 Å². The topological polar surface area (TPSA) is 82.5 Å². The lowest BCUT2D eigenvalue weighted by atomic mass is 9.66. The van der Waals surface area contributed by atoms with Crippen molar-refractivity contribution >= 4 is 23.6 Å². The number of pyridine rings is 1. The standard InChI is InChI=1S/C32H32F3N3O3/c33-32(34,35)29-17-13-25(20-36-29)31(40)38(18-4-2-1-3-5-30(39)37-41)26-14-10-21(11-15-26)24-9-8-23-7-6-22-12-16-27(22)28(23)19-24/h6-11,13-15,17,19-20,22,27,41H,1-5,12,16,18H2,(H,37,39)/t22?,27-/m0/s1. The Balaban J connectivity index is 1.33. The van der Waals surface area contributed by atoms with Crippen molar-refractivity contribution in [3.63, 3.8) is 0 Å². The van der Waals surface area contributed by atoms with Crippen LogP contribution < -0.4 is 10.4 Å². The number of carbonyl (C=O) groups is 2. The summed E-state index contributed by atoms with van der Waals surface area (Å²) in [6, 6.07) is 16.1. The number of hydrogen-bond acceptors (Lipinski definition) is 4. The predicted molar refractivity (Wildman–Crippen MR) is 150 cm³/mol. The molecule has 2 amide bonds. The molecule has 2 aliphatic rings. The number of rotatable bonds is 10. The first-order chi connectivity index (χ1) is 19.7. The fourth-order valence-electron chi connectivity index (χ4n) is 5.59. The Labute approximate surface area is 236 Å². The number of halogens is 3. The maximum Gasteiger partial charge on any atom is 0.433 e. The number of nitrogens with zero attached hydrogens (tertiary/aromatic N) is 2. The van der Waals surface area contributed by atoms with Gasteiger partial charge in [-0.25, -0.2) is 5.48 Å². The van der Waals surface area contributed by atoms with E-state index < -0.39 is 23.7 Å². The van der Waals surface area contributed by atoms with Crippen LogP contribution in [0.2, 0.25) is 0 Å². The number of hydrogen-bond donors (Lipinski definition) is 2. The molecule has 0 bridgehead atoms. The van der Waals surface area contributed by atoms with E-state index in [0.717, 1.165) is 42.3 Å². The van der Waals surface area contributed by atoms with Gasteiger partial charge in [0, 0.05) is 24.8 Å². The van der Waals surface area contributed by atoms with Crippen molar-refractivity contribution in [2.24, 2.45) is 5.92 Å². The van der Waals surface area contributed by atoms with Gasteiger partial charge in [0.2, 0.25) is 5.91 Å². The molecule has 41 heavy (non-hydrogen) atoms. The van der Waals surface area contributed by atoms with Crippen LogP contribution in [0.25, 0.3) is 17.2 Å². The second-order valence-electron chi connectivity index (χ2n) is 10.7. The van der Waals surface area contributed by atoms with Crippen LogP contribution in [0, 0.1) is 5.92 Å². The Morgan fingerprint density at radius 2 is 1.71 bits per heavy atom. The van der Waals surface area contributed by atoms with Crippen LogP contribution in [-0.4, -0.2) is 28.6 Å². The zero-order valence-corrected chi connectivity index (χ0v) is 22.5. The van der Waals surface area contributed by atoms with Gasteiger partial charge < -0.3 is 4.90 Å². The van der Waals surface area contributed by atoms with E-state index >= 15 is 0 Å². The van der Waals surface area contributed by atoms with Crippen LogP contribution in [0.3, 0.4) is 0 Å². The average Bonchev–Trinajstić information content (AvgIpc) is 2.96. The molecule has 214 valence electrons. The quantitative estimate of drug-likeness (QED) is 0.153. The summed E-state index contributed by atoms with van der Waals surface area (Å²) in [5.74, 6) is 0.332. The molecule has 2 aliphatic carbocycles. The van der Waals surface area contributed by atoms with E-state index in [1.807, 2.05) is 24.3 Å². The lowest BCUT2D eigenvalue weighted by Crippen LogP contribution is -2.32. The first-order valence-electron chi connectivity index (χ1n) is 14.0. The fourth-order valence-corrected chi connectivity index (χ4v) is 5.59. The average molecular weight is 564 g/mol. The SMILES string of the molecule is O=C(CCCCCCN(C(=O)c1ccc(C(F)(F)F)nc1)c1ccc(-c2ccc3c(c2)[C@H]2CCC2C=C3)cc1)NO. The highest BCUT2D eigenvalue weighted by atomic mass is 19.4. The Morgan fingerprint density at radius 1 is 0.951 bits per heavy atom. The molecule has 1 fully saturated rings. The van der Waals surface area contributed by atoms with Gasteiger partial charge in [-0.05, 0) is 84.0 Å². The summed E-state index contributed by atoms with van der Waals surface area (Å²) in [6.07, 6.45) is 6.23. The summed E-state index contributed by atoms with van der Waals surface area (Å²) in [7, 11) is 0. The van der Waals surface area contributed by atoms with Crippen molar-refractivity contribution in [1.29, 1.82) is 0 Å². The zero-order valence-electron chi connectivity index (χ0n) is 22.5. The minimum Gasteiger partial charge on any atom is -0.308 e. The largest absolute Gasteiger partial charge is 0.433 e. The number of nitrogens with one attached hydrogen (secondary N) is 1. The number of hydroxylamine groups is 1. The molecule has 0 spiro atoms. The monoisotopic (exact) mass is 563 g/mol. The first-order valence-corrected chi connectivity index (χ1v) is 14.0. The molecule has 2 atom stereocenters. The number of fused-ring (bicyclic) bond motifs is 3. The van der Waals surface area contributed by atoms with Crippen LogP contribution in [-0.2, 0) is 11.0 Å². The molecular weight excluding hydrogens is 531 g/mol. The summed E-state index contributed by atoms with van der Waals surface area (Å²) in [5.41, 5.74) is 6.04. The Bertz CT molecular complexity index is 1420. The zero-order chi connectivity index (χ0) is 29.0. The smallest absolute Gasteiger partial charge is 0.308 e. The second-order valence-corrected chi connectivity index (χ2v) is 10.7. The highest BCUT2D eigenvalue weighted by Crippen LogP contribution is 2.48. The molecule has 1 saturated carbocycles. The Kier molecular flexibility index (Phi) is 8.54. The van der Waals surface area contributed by atoms with E-state index in [9.17, 15) is 22.8 Å². The van der Waals surface area contributed by atoms with E-state index in [2.05, 4.69) is 35.3 Å². The van der Waals surface area contributed by atoms with Gasteiger partial charge in [0.15, 0.2) is 0 Å². The fraction of sp³-hybridized carbons (Fsp3) is 0.344. The molecular formula is C32H32F3N3O3. The molecule has 6 nitrogen and oxygen atoms in total. The maximum atomic E-state index is 13.5. The number of allylic oxidation sites excluding steroid dienone is 1. The normalized spacial score (nSPS) is 17.3. The third-order valence-corrected chi connectivity index (χ3v) is 8.06. The second kappa shape index (κ2) is 12.3. The molecule has 2 aromatic carbocycles. The van der Waals surface area contributed by atoms with Gasteiger partial charge in [-0.1, -0.05) is 55.3 Å². The number of anilines is 1. The van der Waals surface area contributed by atoms with Crippen molar-refractivity contribution in [2.45, 2.75) is 57.0 Å². The third kappa shape index (κ3) is 6.51. The number of carbonyl (C=O) groups excluding carboxylic acids is 2. The Morgan fingerprint density at radius 3 is 2.37 bits per heavy atom. The first kappa shape index (κ1) is 28.5. The molecule has 2 N–H and O–H groups in total. The molecule has 0 aliphatic heterocycles. The highest BCUT2D eigenvalue weighted by molar-refractivity contribution is 6.06. The summed E-state index contributed by atoms with van der Waals surface area (Å²) in [4.78, 5) is 29.7. The molecule has 0 saturated heterocycles. The van der Waals surface area contributed by atoms with Gasteiger partial charge in [0.1, 0.15) is 5.69 Å². The van der Waals surface area contributed by atoms with E-state index in [-0.39, 0.29) is 12.0 Å². The van der Waals surface area contributed by atoms with Crippen LogP contribution >= 0.6 is 0 Å². The molecule has 1 heterocycles. The molecule has 0 radical (unpaired) electrons. The van der Waals surface area contributed by atoms with Crippen molar-refractivity contribution in [3.05, 3.63) is 89.3 Å². The van der Waals surface area contributed by atoms with Crippen molar-refractivity contribution in [2.75, 3.05) is 11.4 Å². The maximum absolute atomic E-state index is 13.5. The van der Waals surface area contributed by atoms with E-state index in [0.29, 0.717) is 36.9 Å². The highest BCUT2D eigenvalue weighted by Gasteiger charge is 2.34. The third-order valence-electron chi connectivity index (χ3n) is 8.06.